The van der Waals surface area contributed by atoms with Crippen molar-refractivity contribution in [2.45, 2.75) is 44.4 Å². The summed E-state index contributed by atoms with van der Waals surface area (Å²) in [5.74, 6) is -1.62. The quantitative estimate of drug-likeness (QED) is 0.781. The number of carbonyl (C=O) groups is 3. The Morgan fingerprint density at radius 3 is 2.73 bits per heavy atom. The molecule has 3 N–H and O–H groups in total. The highest BCUT2D eigenvalue weighted by Gasteiger charge is 2.57. The monoisotopic (exact) mass is 365 g/mol. The Bertz CT molecular complexity index is 791. The predicted octanol–water partition coefficient (Wildman–Crippen LogP) is 1.39. The van der Waals surface area contributed by atoms with Crippen molar-refractivity contribution in [1.29, 1.82) is 0 Å². The van der Waals surface area contributed by atoms with E-state index in [2.05, 4.69) is 5.32 Å². The number of nitrogens with one attached hydrogen (secondary N) is 1. The van der Waals surface area contributed by atoms with Crippen molar-refractivity contribution in [3.8, 4) is 5.75 Å². The molecule has 2 aliphatic rings. The molecule has 3 amide bonds. The van der Waals surface area contributed by atoms with Gasteiger partial charge in [0.05, 0.1) is 12.2 Å². The fourth-order valence-corrected chi connectivity index (χ4v) is 3.06. The van der Waals surface area contributed by atoms with Gasteiger partial charge >= 0.3 is 6.09 Å². The van der Waals surface area contributed by atoms with Gasteiger partial charge in [0.2, 0.25) is 11.5 Å². The molecule has 8 nitrogen and oxygen atoms in total. The number of halogens is 1. The maximum absolute atomic E-state index is 13.3. The third kappa shape index (κ3) is 3.16. The zero-order valence-electron chi connectivity index (χ0n) is 14.7. The van der Waals surface area contributed by atoms with Gasteiger partial charge in [-0.1, -0.05) is 0 Å². The van der Waals surface area contributed by atoms with Crippen LogP contribution in [0.3, 0.4) is 0 Å². The summed E-state index contributed by atoms with van der Waals surface area (Å²) in [6.45, 7) is 4.85. The zero-order chi connectivity index (χ0) is 19.3. The van der Waals surface area contributed by atoms with E-state index >= 15 is 0 Å². The highest BCUT2D eigenvalue weighted by atomic mass is 19.1. The molecular formula is C17H20FN3O5. The molecule has 1 fully saturated rings. The number of nitrogens with two attached hydrogens (primary N) is 1. The number of rotatable bonds is 1. The Kier molecular flexibility index (Phi) is 4.05. The summed E-state index contributed by atoms with van der Waals surface area (Å²) in [6.07, 6.45) is -0.885. The lowest BCUT2D eigenvalue weighted by molar-refractivity contribution is -0.131. The second-order valence-electron chi connectivity index (χ2n) is 7.42. The van der Waals surface area contributed by atoms with Crippen LogP contribution < -0.4 is 15.8 Å². The number of anilines is 1. The molecule has 26 heavy (non-hydrogen) atoms. The van der Waals surface area contributed by atoms with Crippen molar-refractivity contribution in [2.75, 3.05) is 11.9 Å². The zero-order valence-corrected chi connectivity index (χ0v) is 14.7. The number of fused-ring (bicyclic) bond motifs is 1. The number of primary amides is 1. The second-order valence-corrected chi connectivity index (χ2v) is 7.42. The lowest BCUT2D eigenvalue weighted by atomic mass is 9.96. The van der Waals surface area contributed by atoms with Gasteiger partial charge in [-0.2, -0.15) is 0 Å². The van der Waals surface area contributed by atoms with Crippen LogP contribution in [-0.4, -0.2) is 46.6 Å². The Labute approximate surface area is 149 Å². The minimum atomic E-state index is -1.50. The van der Waals surface area contributed by atoms with Crippen LogP contribution in [0.1, 0.15) is 27.2 Å². The van der Waals surface area contributed by atoms with Crippen LogP contribution in [0.2, 0.25) is 0 Å². The summed E-state index contributed by atoms with van der Waals surface area (Å²) < 4.78 is 24.4. The third-order valence-electron chi connectivity index (χ3n) is 4.19. The van der Waals surface area contributed by atoms with Crippen LogP contribution in [-0.2, 0) is 14.3 Å². The molecule has 0 aromatic heterocycles. The molecule has 1 saturated heterocycles. The maximum atomic E-state index is 13.3. The van der Waals surface area contributed by atoms with Crippen molar-refractivity contribution in [3.63, 3.8) is 0 Å². The fraction of sp³-hybridized carbons (Fsp3) is 0.471. The van der Waals surface area contributed by atoms with Crippen molar-refractivity contribution in [3.05, 3.63) is 24.0 Å². The Balaban J connectivity index is 1.91. The molecule has 1 spiro atoms. The molecular weight excluding hydrogens is 345 g/mol. The third-order valence-corrected chi connectivity index (χ3v) is 4.19. The predicted molar refractivity (Wildman–Crippen MR) is 88.9 cm³/mol. The van der Waals surface area contributed by atoms with Gasteiger partial charge in [0.1, 0.15) is 23.2 Å². The van der Waals surface area contributed by atoms with E-state index in [0.717, 1.165) is 11.0 Å². The molecule has 0 saturated carbocycles. The smallest absolute Gasteiger partial charge is 0.411 e. The first-order valence-corrected chi connectivity index (χ1v) is 8.10. The summed E-state index contributed by atoms with van der Waals surface area (Å²) in [4.78, 5) is 38.0. The normalized spacial score (nSPS) is 24.7. The average Bonchev–Trinajstić information content (AvgIpc) is 2.88. The number of carbonyl (C=O) groups excluding carboxylic acids is 3. The van der Waals surface area contributed by atoms with E-state index in [1.165, 1.54) is 12.1 Å². The van der Waals surface area contributed by atoms with Gasteiger partial charge in [0, 0.05) is 12.5 Å². The number of hydrogen-bond donors (Lipinski definition) is 2. The molecule has 0 bridgehead atoms. The van der Waals surface area contributed by atoms with Gasteiger partial charge in [0.15, 0.2) is 0 Å². The van der Waals surface area contributed by atoms with Crippen LogP contribution in [0.25, 0.3) is 0 Å². The molecule has 2 atom stereocenters. The molecule has 9 heteroatoms. The number of likely N-dealkylation sites (tertiary alicyclic amines) is 1. The minimum absolute atomic E-state index is 0.121. The lowest BCUT2D eigenvalue weighted by Gasteiger charge is -2.34. The van der Waals surface area contributed by atoms with Crippen LogP contribution in [0, 0.1) is 5.82 Å². The highest BCUT2D eigenvalue weighted by molar-refractivity contribution is 6.02. The molecule has 1 aromatic rings. The first kappa shape index (κ1) is 18.0. The first-order valence-electron chi connectivity index (χ1n) is 8.10. The van der Waals surface area contributed by atoms with Gasteiger partial charge in [-0.25, -0.2) is 9.18 Å². The number of nitrogens with zero attached hydrogens (tertiary/aromatic N) is 1. The standard InChI is InChI=1S/C17H20FN3O5/c1-16(2,3)26-15(24)21-8-17(7-11(21)13(19)22)14(23)20-10-6-9(18)4-5-12(10)25-17/h4-6,11H,7-8H2,1-3H3,(H2,19,22)(H,20,23)/t11-,17+/m0/s1. The molecule has 0 radical (unpaired) electrons. The van der Waals surface area contributed by atoms with Crippen LogP contribution in [0.5, 0.6) is 5.75 Å². The van der Waals surface area contributed by atoms with Gasteiger partial charge in [-0.15, -0.1) is 0 Å². The topological polar surface area (TPSA) is 111 Å². The van der Waals surface area contributed by atoms with E-state index in [4.69, 9.17) is 15.2 Å². The average molecular weight is 365 g/mol. The van der Waals surface area contributed by atoms with Crippen molar-refractivity contribution < 1.29 is 28.2 Å². The summed E-state index contributed by atoms with van der Waals surface area (Å²) in [5, 5.41) is 2.57. The summed E-state index contributed by atoms with van der Waals surface area (Å²) in [6, 6.07) is 2.64. The highest BCUT2D eigenvalue weighted by Crippen LogP contribution is 2.40. The Morgan fingerprint density at radius 2 is 2.12 bits per heavy atom. The molecule has 3 rings (SSSR count). The maximum Gasteiger partial charge on any atom is 0.411 e. The number of ether oxygens (including phenoxy) is 2. The van der Waals surface area contributed by atoms with Crippen molar-refractivity contribution in [1.82, 2.24) is 4.90 Å². The number of amides is 3. The summed E-state index contributed by atoms with van der Waals surface area (Å²) >= 11 is 0. The molecule has 0 unspecified atom stereocenters. The van der Waals surface area contributed by atoms with E-state index in [0.29, 0.717) is 0 Å². The van der Waals surface area contributed by atoms with Crippen LogP contribution >= 0.6 is 0 Å². The van der Waals surface area contributed by atoms with Gasteiger partial charge in [-0.3, -0.25) is 14.5 Å². The summed E-state index contributed by atoms with van der Waals surface area (Å²) in [7, 11) is 0. The molecule has 140 valence electrons. The van der Waals surface area contributed by atoms with Crippen LogP contribution in [0.4, 0.5) is 14.9 Å². The van der Waals surface area contributed by atoms with Crippen LogP contribution in [0.15, 0.2) is 18.2 Å². The van der Waals surface area contributed by atoms with Gasteiger partial charge < -0.3 is 20.5 Å². The van der Waals surface area contributed by atoms with Gasteiger partial charge in [-0.05, 0) is 32.9 Å². The minimum Gasteiger partial charge on any atom is -0.473 e. The van der Waals surface area contributed by atoms with Gasteiger partial charge in [0.25, 0.3) is 5.91 Å². The molecule has 2 heterocycles. The molecule has 2 aliphatic heterocycles. The number of hydrogen-bond acceptors (Lipinski definition) is 5. The van der Waals surface area contributed by atoms with Crippen molar-refractivity contribution >= 4 is 23.6 Å². The van der Waals surface area contributed by atoms with E-state index < -0.39 is 41.0 Å². The fourth-order valence-electron chi connectivity index (χ4n) is 3.06. The van der Waals surface area contributed by atoms with E-state index in [1.807, 2.05) is 0 Å². The second kappa shape index (κ2) is 5.86. The number of benzene rings is 1. The lowest BCUT2D eigenvalue weighted by Crippen LogP contribution is -2.53. The van der Waals surface area contributed by atoms with E-state index in [1.54, 1.807) is 20.8 Å². The van der Waals surface area contributed by atoms with E-state index in [9.17, 15) is 18.8 Å². The SMILES string of the molecule is CC(C)(C)OC(=O)N1C[C@@]2(C[C@H]1C(N)=O)Oc1ccc(F)cc1NC2=O. The first-order chi connectivity index (χ1) is 12.0. The molecule has 1 aromatic carbocycles. The van der Waals surface area contributed by atoms with E-state index in [-0.39, 0.29) is 24.4 Å². The summed E-state index contributed by atoms with van der Waals surface area (Å²) in [5.41, 5.74) is 3.32. The Hall–Kier alpha value is -2.84. The van der Waals surface area contributed by atoms with Crippen molar-refractivity contribution in [2.24, 2.45) is 5.73 Å². The Morgan fingerprint density at radius 1 is 1.42 bits per heavy atom. The largest absolute Gasteiger partial charge is 0.473 e. The molecule has 0 aliphatic carbocycles.